The lowest BCUT2D eigenvalue weighted by Crippen LogP contribution is -2.08. The van der Waals surface area contributed by atoms with Crippen molar-refractivity contribution in [2.24, 2.45) is 5.73 Å². The SMILES string of the molecule is COCc1c(CN)nnn1-c1cc([N+](=O)[O-])ccc1C. The molecule has 1 heterocycles. The number of nitrogens with zero attached hydrogens (tertiary/aromatic N) is 4. The Morgan fingerprint density at radius 1 is 1.50 bits per heavy atom. The number of benzene rings is 1. The molecule has 0 bridgehead atoms. The minimum atomic E-state index is -0.445. The van der Waals surface area contributed by atoms with Crippen molar-refractivity contribution in [3.8, 4) is 5.69 Å². The average molecular weight is 277 g/mol. The molecule has 20 heavy (non-hydrogen) atoms. The summed E-state index contributed by atoms with van der Waals surface area (Å²) in [5.41, 5.74) is 8.35. The Bertz CT molecular complexity index is 638. The lowest BCUT2D eigenvalue weighted by molar-refractivity contribution is -0.384. The maximum Gasteiger partial charge on any atom is 0.271 e. The second kappa shape index (κ2) is 5.76. The number of hydrogen-bond donors (Lipinski definition) is 1. The number of aromatic nitrogens is 3. The van der Waals surface area contributed by atoms with E-state index < -0.39 is 4.92 Å². The van der Waals surface area contributed by atoms with Gasteiger partial charge >= 0.3 is 0 Å². The highest BCUT2D eigenvalue weighted by Gasteiger charge is 2.17. The molecule has 8 heteroatoms. The topological polar surface area (TPSA) is 109 Å². The van der Waals surface area contributed by atoms with Crippen molar-refractivity contribution in [2.75, 3.05) is 7.11 Å². The van der Waals surface area contributed by atoms with Gasteiger partial charge in [0, 0.05) is 25.8 Å². The number of methoxy groups -OCH3 is 1. The van der Waals surface area contributed by atoms with E-state index >= 15 is 0 Å². The number of rotatable bonds is 5. The molecule has 1 aromatic carbocycles. The van der Waals surface area contributed by atoms with Crippen molar-refractivity contribution < 1.29 is 9.66 Å². The van der Waals surface area contributed by atoms with E-state index in [4.69, 9.17) is 10.5 Å². The van der Waals surface area contributed by atoms with Gasteiger partial charge in [-0.2, -0.15) is 0 Å². The van der Waals surface area contributed by atoms with Crippen LogP contribution in [0.3, 0.4) is 0 Å². The molecule has 0 spiro atoms. The lowest BCUT2D eigenvalue weighted by Gasteiger charge is -2.09. The Morgan fingerprint density at radius 2 is 2.25 bits per heavy atom. The minimum absolute atomic E-state index is 0.00114. The molecule has 0 aliphatic carbocycles. The molecule has 0 saturated heterocycles. The third kappa shape index (κ3) is 2.51. The van der Waals surface area contributed by atoms with E-state index in [1.165, 1.54) is 16.8 Å². The molecule has 0 fully saturated rings. The first-order valence-electron chi connectivity index (χ1n) is 5.96. The van der Waals surface area contributed by atoms with E-state index in [1.54, 1.807) is 13.2 Å². The average Bonchev–Trinajstić information content (AvgIpc) is 2.82. The second-order valence-corrected chi connectivity index (χ2v) is 4.26. The van der Waals surface area contributed by atoms with E-state index in [0.29, 0.717) is 17.1 Å². The number of non-ortho nitro benzene ring substituents is 1. The Labute approximate surface area is 115 Å². The largest absolute Gasteiger partial charge is 0.378 e. The Balaban J connectivity index is 2.58. The van der Waals surface area contributed by atoms with Gasteiger partial charge in [-0.1, -0.05) is 11.3 Å². The number of nitrogens with two attached hydrogens (primary N) is 1. The van der Waals surface area contributed by atoms with Crippen molar-refractivity contribution in [2.45, 2.75) is 20.1 Å². The standard InChI is InChI=1S/C12H15N5O3/c1-8-3-4-9(17(18)19)5-11(8)16-12(7-20-2)10(6-13)14-15-16/h3-5H,6-7,13H2,1-2H3. The summed E-state index contributed by atoms with van der Waals surface area (Å²) in [5.74, 6) is 0. The fourth-order valence-electron chi connectivity index (χ4n) is 1.91. The van der Waals surface area contributed by atoms with E-state index in [-0.39, 0.29) is 18.8 Å². The van der Waals surface area contributed by atoms with E-state index in [0.717, 1.165) is 5.56 Å². The van der Waals surface area contributed by atoms with Gasteiger partial charge in [0.15, 0.2) is 0 Å². The summed E-state index contributed by atoms with van der Waals surface area (Å²) in [4.78, 5) is 10.4. The Hall–Kier alpha value is -2.32. The highest BCUT2D eigenvalue weighted by atomic mass is 16.6. The summed E-state index contributed by atoms with van der Waals surface area (Å²) in [6, 6.07) is 4.59. The molecule has 8 nitrogen and oxygen atoms in total. The molecule has 0 unspecified atom stereocenters. The molecule has 0 atom stereocenters. The maximum absolute atomic E-state index is 10.9. The van der Waals surface area contributed by atoms with Gasteiger partial charge in [0.2, 0.25) is 0 Å². The molecule has 0 aliphatic heterocycles. The van der Waals surface area contributed by atoms with Crippen LogP contribution in [-0.4, -0.2) is 27.0 Å². The molecule has 0 radical (unpaired) electrons. The van der Waals surface area contributed by atoms with Crippen LogP contribution in [0.25, 0.3) is 5.69 Å². The Kier molecular flexibility index (Phi) is 4.06. The molecular formula is C12H15N5O3. The number of nitro groups is 1. The summed E-state index contributed by atoms with van der Waals surface area (Å²) in [6.45, 7) is 2.35. The van der Waals surface area contributed by atoms with E-state index in [2.05, 4.69) is 10.3 Å². The van der Waals surface area contributed by atoms with Crippen molar-refractivity contribution in [1.29, 1.82) is 0 Å². The van der Waals surface area contributed by atoms with Crippen molar-refractivity contribution in [3.05, 3.63) is 45.3 Å². The zero-order chi connectivity index (χ0) is 14.7. The van der Waals surface area contributed by atoms with Crippen LogP contribution in [-0.2, 0) is 17.9 Å². The third-order valence-corrected chi connectivity index (χ3v) is 2.95. The molecule has 106 valence electrons. The van der Waals surface area contributed by atoms with Crippen LogP contribution in [0.4, 0.5) is 5.69 Å². The summed E-state index contributed by atoms with van der Waals surface area (Å²) < 4.78 is 6.65. The first-order chi connectivity index (χ1) is 9.58. The first-order valence-corrected chi connectivity index (χ1v) is 5.96. The second-order valence-electron chi connectivity index (χ2n) is 4.26. The van der Waals surface area contributed by atoms with Crippen molar-refractivity contribution in [1.82, 2.24) is 15.0 Å². The minimum Gasteiger partial charge on any atom is -0.378 e. The van der Waals surface area contributed by atoms with Crippen LogP contribution in [0.1, 0.15) is 17.0 Å². The number of nitro benzene ring substituents is 1. The van der Waals surface area contributed by atoms with Gasteiger partial charge in [-0.3, -0.25) is 10.1 Å². The molecule has 2 N–H and O–H groups in total. The van der Waals surface area contributed by atoms with Gasteiger partial charge in [0.1, 0.15) is 5.69 Å². The molecule has 2 aromatic rings. The highest BCUT2D eigenvalue weighted by Crippen LogP contribution is 2.22. The van der Waals surface area contributed by atoms with Crippen LogP contribution in [0.15, 0.2) is 18.2 Å². The normalized spacial score (nSPS) is 10.8. The number of hydrogen-bond acceptors (Lipinski definition) is 6. The van der Waals surface area contributed by atoms with Crippen LogP contribution < -0.4 is 5.73 Å². The maximum atomic E-state index is 10.9. The van der Waals surface area contributed by atoms with Gasteiger partial charge in [-0.15, -0.1) is 5.10 Å². The summed E-state index contributed by atoms with van der Waals surface area (Å²) in [6.07, 6.45) is 0. The molecule has 2 rings (SSSR count). The third-order valence-electron chi connectivity index (χ3n) is 2.95. The van der Waals surface area contributed by atoms with Gasteiger partial charge in [-0.05, 0) is 12.5 Å². The predicted octanol–water partition coefficient (Wildman–Crippen LogP) is 1.09. The summed E-state index contributed by atoms with van der Waals surface area (Å²) in [7, 11) is 1.55. The molecular weight excluding hydrogens is 262 g/mol. The van der Waals surface area contributed by atoms with Crippen molar-refractivity contribution in [3.63, 3.8) is 0 Å². The zero-order valence-electron chi connectivity index (χ0n) is 11.2. The summed E-state index contributed by atoms with van der Waals surface area (Å²) in [5, 5.41) is 18.9. The van der Waals surface area contributed by atoms with E-state index in [1.807, 2.05) is 6.92 Å². The summed E-state index contributed by atoms with van der Waals surface area (Å²) >= 11 is 0. The van der Waals surface area contributed by atoms with Gasteiger partial charge in [0.05, 0.1) is 22.9 Å². The molecule has 1 aromatic heterocycles. The fraction of sp³-hybridized carbons (Fsp3) is 0.333. The zero-order valence-corrected chi connectivity index (χ0v) is 11.2. The van der Waals surface area contributed by atoms with Gasteiger partial charge < -0.3 is 10.5 Å². The van der Waals surface area contributed by atoms with Crippen LogP contribution in [0.2, 0.25) is 0 Å². The monoisotopic (exact) mass is 277 g/mol. The van der Waals surface area contributed by atoms with Crippen molar-refractivity contribution >= 4 is 5.69 Å². The Morgan fingerprint density at radius 3 is 2.85 bits per heavy atom. The fourth-order valence-corrected chi connectivity index (χ4v) is 1.91. The van der Waals surface area contributed by atoms with E-state index in [9.17, 15) is 10.1 Å². The molecule has 0 aliphatic rings. The highest BCUT2D eigenvalue weighted by molar-refractivity contribution is 5.49. The van der Waals surface area contributed by atoms with Crippen LogP contribution in [0, 0.1) is 17.0 Å². The van der Waals surface area contributed by atoms with Crippen LogP contribution in [0.5, 0.6) is 0 Å². The molecule has 0 saturated carbocycles. The van der Waals surface area contributed by atoms with Gasteiger partial charge in [0.25, 0.3) is 5.69 Å². The quantitative estimate of drug-likeness (QED) is 0.647. The number of ether oxygens (including phenoxy) is 1. The van der Waals surface area contributed by atoms with Crippen LogP contribution >= 0.6 is 0 Å². The first kappa shape index (κ1) is 14.1. The lowest BCUT2D eigenvalue weighted by atomic mass is 10.1. The molecule has 0 amide bonds. The predicted molar refractivity (Wildman–Crippen MR) is 71.4 cm³/mol. The smallest absolute Gasteiger partial charge is 0.271 e. The van der Waals surface area contributed by atoms with Gasteiger partial charge in [-0.25, -0.2) is 4.68 Å². The number of aryl methyl sites for hydroxylation is 1.